The highest BCUT2D eigenvalue weighted by molar-refractivity contribution is 7.89. The average Bonchev–Trinajstić information content (AvgIpc) is 3.12. The molecule has 1 aromatic heterocycles. The molecule has 136 valence electrons. The van der Waals surface area contributed by atoms with Crippen molar-refractivity contribution in [1.29, 1.82) is 0 Å². The third kappa shape index (κ3) is 4.04. The Morgan fingerprint density at radius 3 is 2.38 bits per heavy atom. The minimum absolute atomic E-state index is 0.101. The van der Waals surface area contributed by atoms with E-state index in [1.807, 2.05) is 0 Å². The van der Waals surface area contributed by atoms with Gasteiger partial charge in [0.1, 0.15) is 5.75 Å². The van der Waals surface area contributed by atoms with Crippen molar-refractivity contribution in [3.8, 4) is 17.1 Å². The van der Waals surface area contributed by atoms with E-state index in [0.717, 1.165) is 5.56 Å². The van der Waals surface area contributed by atoms with Crippen LogP contribution in [0.3, 0.4) is 0 Å². The molecule has 0 amide bonds. The van der Waals surface area contributed by atoms with Crippen LogP contribution < -0.4 is 9.46 Å². The third-order valence-electron chi connectivity index (χ3n) is 3.62. The molecule has 0 aliphatic carbocycles. The lowest BCUT2D eigenvalue weighted by Crippen LogP contribution is -2.27. The summed E-state index contributed by atoms with van der Waals surface area (Å²) in [6.45, 7) is 1.62. The highest BCUT2D eigenvalue weighted by atomic mass is 35.5. The van der Waals surface area contributed by atoms with Crippen molar-refractivity contribution in [3.63, 3.8) is 0 Å². The number of ether oxygens (including phenoxy) is 1. The Morgan fingerprint density at radius 1 is 1.12 bits per heavy atom. The topological polar surface area (TPSA) is 94.3 Å². The van der Waals surface area contributed by atoms with Gasteiger partial charge in [0.25, 0.3) is 0 Å². The van der Waals surface area contributed by atoms with Gasteiger partial charge in [-0.1, -0.05) is 16.8 Å². The van der Waals surface area contributed by atoms with Crippen LogP contribution in [0.4, 0.5) is 0 Å². The van der Waals surface area contributed by atoms with Gasteiger partial charge >= 0.3 is 0 Å². The molecular weight excluding hydrogens is 378 g/mol. The summed E-state index contributed by atoms with van der Waals surface area (Å²) in [5, 5.41) is 4.35. The molecule has 3 rings (SSSR count). The first-order chi connectivity index (χ1) is 12.4. The molecule has 1 heterocycles. The number of sulfonamides is 1. The standard InChI is InChI=1S/C17H16ClN3O4S/c1-11(21-26(22,23)15-9-5-13(18)6-10-15)17-19-16(20-25-17)12-3-7-14(24-2)8-4-12/h3-11,21H,1-2H3/t11-/m0/s1. The molecule has 0 radical (unpaired) electrons. The lowest BCUT2D eigenvalue weighted by molar-refractivity contribution is 0.354. The van der Waals surface area contributed by atoms with Crippen molar-refractivity contribution >= 4 is 21.6 Å². The molecule has 0 aliphatic heterocycles. The lowest BCUT2D eigenvalue weighted by Gasteiger charge is -2.10. The maximum Gasteiger partial charge on any atom is 0.244 e. The van der Waals surface area contributed by atoms with Crippen LogP contribution in [0.2, 0.25) is 5.02 Å². The van der Waals surface area contributed by atoms with E-state index >= 15 is 0 Å². The molecule has 2 aromatic carbocycles. The maximum absolute atomic E-state index is 12.4. The highest BCUT2D eigenvalue weighted by Crippen LogP contribution is 2.22. The van der Waals surface area contributed by atoms with Crippen molar-refractivity contribution in [2.45, 2.75) is 17.9 Å². The van der Waals surface area contributed by atoms with Crippen molar-refractivity contribution in [2.75, 3.05) is 7.11 Å². The Balaban J connectivity index is 1.77. The molecule has 0 aliphatic rings. The van der Waals surface area contributed by atoms with Crippen LogP contribution in [0.25, 0.3) is 11.4 Å². The number of rotatable bonds is 6. The first-order valence-corrected chi connectivity index (χ1v) is 9.51. The largest absolute Gasteiger partial charge is 0.497 e. The molecule has 0 unspecified atom stereocenters. The number of aromatic nitrogens is 2. The molecule has 0 bridgehead atoms. The van der Waals surface area contributed by atoms with Crippen molar-refractivity contribution in [2.24, 2.45) is 0 Å². The summed E-state index contributed by atoms with van der Waals surface area (Å²) in [5.74, 6) is 1.23. The number of hydrogen-bond donors (Lipinski definition) is 1. The van der Waals surface area contributed by atoms with E-state index in [2.05, 4.69) is 14.9 Å². The summed E-state index contributed by atoms with van der Waals surface area (Å²) in [6, 6.07) is 12.3. The first kappa shape index (κ1) is 18.4. The molecule has 0 spiro atoms. The number of benzene rings is 2. The molecule has 0 saturated carbocycles. The van der Waals surface area contributed by atoms with Crippen LogP contribution in [0.1, 0.15) is 18.9 Å². The minimum atomic E-state index is -3.74. The molecule has 26 heavy (non-hydrogen) atoms. The Hall–Kier alpha value is -2.42. The molecule has 1 N–H and O–H groups in total. The Labute approximate surface area is 156 Å². The average molecular weight is 394 g/mol. The van der Waals surface area contributed by atoms with Crippen molar-refractivity contribution < 1.29 is 17.7 Å². The quantitative estimate of drug-likeness (QED) is 0.689. The van der Waals surface area contributed by atoms with E-state index in [1.165, 1.54) is 24.3 Å². The fourth-order valence-corrected chi connectivity index (χ4v) is 3.56. The number of hydrogen-bond acceptors (Lipinski definition) is 6. The van der Waals surface area contributed by atoms with Crippen LogP contribution >= 0.6 is 11.6 Å². The lowest BCUT2D eigenvalue weighted by atomic mass is 10.2. The predicted octanol–water partition coefficient (Wildman–Crippen LogP) is 3.44. The van der Waals surface area contributed by atoms with E-state index in [4.69, 9.17) is 20.9 Å². The van der Waals surface area contributed by atoms with Crippen molar-refractivity contribution in [3.05, 3.63) is 59.4 Å². The fraction of sp³-hybridized carbons (Fsp3) is 0.176. The Bertz CT molecular complexity index is 986. The number of methoxy groups -OCH3 is 1. The maximum atomic E-state index is 12.4. The monoisotopic (exact) mass is 393 g/mol. The van der Waals surface area contributed by atoms with Gasteiger partial charge in [-0.2, -0.15) is 9.71 Å². The van der Waals surface area contributed by atoms with Gasteiger partial charge in [-0.3, -0.25) is 0 Å². The number of nitrogens with one attached hydrogen (secondary N) is 1. The highest BCUT2D eigenvalue weighted by Gasteiger charge is 2.22. The van der Waals surface area contributed by atoms with Crippen LogP contribution in [-0.4, -0.2) is 25.7 Å². The van der Waals surface area contributed by atoms with Crippen LogP contribution in [-0.2, 0) is 10.0 Å². The van der Waals surface area contributed by atoms with E-state index in [1.54, 1.807) is 38.3 Å². The van der Waals surface area contributed by atoms with Gasteiger partial charge in [0.05, 0.1) is 18.0 Å². The molecule has 1 atom stereocenters. The van der Waals surface area contributed by atoms with Gasteiger partial charge in [0.15, 0.2) is 0 Å². The van der Waals surface area contributed by atoms with E-state index in [-0.39, 0.29) is 10.8 Å². The molecule has 7 nitrogen and oxygen atoms in total. The zero-order valence-electron chi connectivity index (χ0n) is 14.0. The van der Waals surface area contributed by atoms with Crippen LogP contribution in [0.15, 0.2) is 57.9 Å². The fourth-order valence-electron chi connectivity index (χ4n) is 2.23. The summed E-state index contributed by atoms with van der Waals surface area (Å²) in [7, 11) is -2.16. The summed E-state index contributed by atoms with van der Waals surface area (Å²) in [6.07, 6.45) is 0. The van der Waals surface area contributed by atoms with E-state index in [9.17, 15) is 8.42 Å². The van der Waals surface area contributed by atoms with Crippen LogP contribution in [0, 0.1) is 0 Å². The predicted molar refractivity (Wildman–Crippen MR) is 96.5 cm³/mol. The van der Waals surface area contributed by atoms with Gasteiger partial charge in [0.2, 0.25) is 21.7 Å². The molecule has 3 aromatic rings. The Morgan fingerprint density at radius 2 is 1.77 bits per heavy atom. The summed E-state index contributed by atoms with van der Waals surface area (Å²) in [5.41, 5.74) is 0.730. The second-order valence-corrected chi connectivity index (χ2v) is 7.63. The Kier molecular flexibility index (Phi) is 5.26. The number of halogens is 1. The minimum Gasteiger partial charge on any atom is -0.497 e. The van der Waals surface area contributed by atoms with Crippen LogP contribution in [0.5, 0.6) is 5.75 Å². The van der Waals surface area contributed by atoms with Gasteiger partial charge in [-0.15, -0.1) is 0 Å². The third-order valence-corrected chi connectivity index (χ3v) is 5.42. The molecule has 9 heteroatoms. The summed E-state index contributed by atoms with van der Waals surface area (Å²) < 4.78 is 37.6. The normalized spacial score (nSPS) is 12.7. The first-order valence-electron chi connectivity index (χ1n) is 7.65. The van der Waals surface area contributed by atoms with E-state index in [0.29, 0.717) is 16.6 Å². The van der Waals surface area contributed by atoms with E-state index < -0.39 is 16.1 Å². The van der Waals surface area contributed by atoms with Gasteiger partial charge in [-0.05, 0) is 55.5 Å². The second-order valence-electron chi connectivity index (χ2n) is 5.48. The SMILES string of the molecule is COc1ccc(-c2noc([C@H](C)NS(=O)(=O)c3ccc(Cl)cc3)n2)cc1. The molecule has 0 saturated heterocycles. The molecule has 0 fully saturated rings. The van der Waals surface area contributed by atoms with Gasteiger partial charge in [-0.25, -0.2) is 8.42 Å². The summed E-state index contributed by atoms with van der Waals surface area (Å²) in [4.78, 5) is 4.36. The smallest absolute Gasteiger partial charge is 0.244 e. The zero-order chi connectivity index (χ0) is 18.7. The van der Waals surface area contributed by atoms with Gasteiger partial charge < -0.3 is 9.26 Å². The zero-order valence-corrected chi connectivity index (χ0v) is 15.6. The van der Waals surface area contributed by atoms with Crippen molar-refractivity contribution in [1.82, 2.24) is 14.9 Å². The second kappa shape index (κ2) is 7.45. The summed E-state index contributed by atoms with van der Waals surface area (Å²) >= 11 is 5.79. The number of nitrogens with zero attached hydrogens (tertiary/aromatic N) is 2. The molecular formula is C17H16ClN3O4S. The van der Waals surface area contributed by atoms with Gasteiger partial charge in [0, 0.05) is 10.6 Å².